The molecule has 0 aliphatic carbocycles. The summed E-state index contributed by atoms with van der Waals surface area (Å²) in [6.07, 6.45) is 4.12. The third kappa shape index (κ3) is 4.22. The van der Waals surface area contributed by atoms with Gasteiger partial charge >= 0.3 is 0 Å². The molecule has 0 saturated heterocycles. The maximum absolute atomic E-state index is 6.75. The van der Waals surface area contributed by atoms with Crippen LogP contribution in [0.2, 0.25) is 0 Å². The predicted octanol–water partition coefficient (Wildman–Crippen LogP) is 2.80. The van der Waals surface area contributed by atoms with Crippen molar-refractivity contribution >= 4 is 17.8 Å². The molecule has 1 nitrogen and oxygen atoms in total. The van der Waals surface area contributed by atoms with Gasteiger partial charge in [0.25, 0.3) is 0 Å². The predicted molar refractivity (Wildman–Crippen MR) is 42.2 cm³/mol. The summed E-state index contributed by atoms with van der Waals surface area (Å²) in [6, 6.07) is 0. The van der Waals surface area contributed by atoms with E-state index in [1.807, 2.05) is 6.08 Å². The van der Waals surface area contributed by atoms with Crippen molar-refractivity contribution in [2.45, 2.75) is 20.3 Å². The highest BCUT2D eigenvalue weighted by Gasteiger charge is 1.92. The van der Waals surface area contributed by atoms with Crippen LogP contribution in [0.1, 0.15) is 20.3 Å². The van der Waals surface area contributed by atoms with E-state index in [9.17, 15) is 0 Å². The van der Waals surface area contributed by atoms with Gasteiger partial charge in [-0.1, -0.05) is 37.9 Å². The highest BCUT2D eigenvalue weighted by atomic mass is 35.5. The number of nitrogens with one attached hydrogen (secondary N) is 1. The molecule has 0 bridgehead atoms. The summed E-state index contributed by atoms with van der Waals surface area (Å²) in [5, 5.41) is 7.28. The molecule has 0 aliphatic heterocycles. The quantitative estimate of drug-likeness (QED) is 0.591. The van der Waals surface area contributed by atoms with Gasteiger partial charge < -0.3 is 5.41 Å². The van der Waals surface area contributed by atoms with Gasteiger partial charge in [-0.15, -0.1) is 0 Å². The lowest BCUT2D eigenvalue weighted by Crippen LogP contribution is -1.86. The smallest absolute Gasteiger partial charge is 0.0544 e. The van der Waals surface area contributed by atoms with Crippen LogP contribution in [0, 0.1) is 11.3 Å². The molecule has 0 amide bonds. The van der Waals surface area contributed by atoms with E-state index in [1.54, 1.807) is 0 Å². The summed E-state index contributed by atoms with van der Waals surface area (Å²) in [4.78, 5) is 0. The van der Waals surface area contributed by atoms with Crippen LogP contribution in [0.4, 0.5) is 0 Å². The van der Waals surface area contributed by atoms with Crippen LogP contribution in [-0.2, 0) is 0 Å². The zero-order valence-electron chi connectivity index (χ0n) is 5.82. The van der Waals surface area contributed by atoms with Crippen LogP contribution < -0.4 is 0 Å². The molecule has 0 fully saturated rings. The Morgan fingerprint density at radius 2 is 2.33 bits per heavy atom. The van der Waals surface area contributed by atoms with Crippen LogP contribution in [-0.4, -0.2) is 6.21 Å². The third-order valence-corrected chi connectivity index (χ3v) is 1.46. The largest absolute Gasteiger partial charge is 0.307 e. The monoisotopic (exact) mass is 145 g/mol. The second-order valence-electron chi connectivity index (χ2n) is 2.08. The minimum Gasteiger partial charge on any atom is -0.307 e. The number of hydrogen-bond acceptors (Lipinski definition) is 1. The van der Waals surface area contributed by atoms with Crippen molar-refractivity contribution in [3.05, 3.63) is 11.1 Å². The van der Waals surface area contributed by atoms with Crippen molar-refractivity contribution in [1.29, 1.82) is 5.41 Å². The molecule has 52 valence electrons. The first-order valence-corrected chi connectivity index (χ1v) is 3.46. The van der Waals surface area contributed by atoms with Gasteiger partial charge in [-0.2, -0.15) is 0 Å². The molecule has 0 spiro atoms. The normalized spacial score (nSPS) is 15.2. The SMILES string of the molecule is CCC(C)/C=C(/Cl)C=N. The average Bonchev–Trinajstić information content (AvgIpc) is 1.87. The molecule has 1 N–H and O–H groups in total. The Kier molecular flexibility index (Phi) is 4.41. The van der Waals surface area contributed by atoms with Crippen molar-refractivity contribution in [1.82, 2.24) is 0 Å². The van der Waals surface area contributed by atoms with Crippen molar-refractivity contribution in [3.8, 4) is 0 Å². The van der Waals surface area contributed by atoms with E-state index in [4.69, 9.17) is 17.0 Å². The Hall–Kier alpha value is -0.300. The molecule has 0 saturated carbocycles. The summed E-state index contributed by atoms with van der Waals surface area (Å²) in [6.45, 7) is 4.17. The molecule has 9 heavy (non-hydrogen) atoms. The fourth-order valence-corrected chi connectivity index (χ4v) is 0.653. The maximum Gasteiger partial charge on any atom is 0.0544 e. The van der Waals surface area contributed by atoms with Crippen LogP contribution in [0.5, 0.6) is 0 Å². The molecule has 1 unspecified atom stereocenters. The molecule has 0 radical (unpaired) electrons. The molecular formula is C7H12ClN. The van der Waals surface area contributed by atoms with Crippen molar-refractivity contribution in [3.63, 3.8) is 0 Å². The number of allylic oxidation sites excluding steroid dienone is 2. The zero-order valence-corrected chi connectivity index (χ0v) is 6.57. The Morgan fingerprint density at radius 3 is 2.67 bits per heavy atom. The van der Waals surface area contributed by atoms with E-state index < -0.39 is 0 Å². The van der Waals surface area contributed by atoms with Crippen LogP contribution in [0.15, 0.2) is 11.1 Å². The summed E-state index contributed by atoms with van der Waals surface area (Å²) < 4.78 is 0. The van der Waals surface area contributed by atoms with Crippen molar-refractivity contribution in [2.75, 3.05) is 0 Å². The van der Waals surface area contributed by atoms with E-state index in [0.717, 1.165) is 12.6 Å². The van der Waals surface area contributed by atoms with Gasteiger partial charge in [0.05, 0.1) is 5.03 Å². The van der Waals surface area contributed by atoms with Gasteiger partial charge in [-0.3, -0.25) is 0 Å². The van der Waals surface area contributed by atoms with Crippen LogP contribution >= 0.6 is 11.6 Å². The molecular weight excluding hydrogens is 134 g/mol. The number of halogens is 1. The number of rotatable bonds is 3. The van der Waals surface area contributed by atoms with Crippen molar-refractivity contribution in [2.24, 2.45) is 5.92 Å². The number of hydrogen-bond donors (Lipinski definition) is 1. The maximum atomic E-state index is 6.75. The first-order valence-electron chi connectivity index (χ1n) is 3.08. The molecule has 0 aromatic rings. The summed E-state index contributed by atoms with van der Waals surface area (Å²) >= 11 is 5.56. The second kappa shape index (κ2) is 4.57. The summed E-state index contributed by atoms with van der Waals surface area (Å²) in [5.41, 5.74) is 0. The Balaban J connectivity index is 3.78. The Bertz CT molecular complexity index is 118. The standard InChI is InChI=1S/C7H12ClN/c1-3-6(2)4-7(8)5-9/h4-6,9H,3H2,1-2H3/b7-4+,9-5?. The Labute approximate surface area is 61.2 Å². The first kappa shape index (κ1) is 8.70. The summed E-state index contributed by atoms with van der Waals surface area (Å²) in [5.74, 6) is 0.485. The minimum atomic E-state index is 0.485. The molecule has 2 heteroatoms. The topological polar surface area (TPSA) is 23.9 Å². The first-order chi connectivity index (χ1) is 4.20. The van der Waals surface area contributed by atoms with Gasteiger partial charge in [0, 0.05) is 6.21 Å². The average molecular weight is 146 g/mol. The zero-order chi connectivity index (χ0) is 7.28. The molecule has 0 aromatic heterocycles. The van der Waals surface area contributed by atoms with E-state index in [2.05, 4.69) is 13.8 Å². The molecule has 1 atom stereocenters. The second-order valence-corrected chi connectivity index (χ2v) is 2.52. The molecule has 0 aliphatic rings. The lowest BCUT2D eigenvalue weighted by atomic mass is 10.1. The third-order valence-electron chi connectivity index (χ3n) is 1.23. The molecule has 0 aromatic carbocycles. The highest BCUT2D eigenvalue weighted by Crippen LogP contribution is 2.07. The van der Waals surface area contributed by atoms with Gasteiger partial charge in [-0.25, -0.2) is 0 Å². The van der Waals surface area contributed by atoms with E-state index in [0.29, 0.717) is 11.0 Å². The van der Waals surface area contributed by atoms with Crippen LogP contribution in [0.3, 0.4) is 0 Å². The van der Waals surface area contributed by atoms with Crippen LogP contribution in [0.25, 0.3) is 0 Å². The van der Waals surface area contributed by atoms with Crippen molar-refractivity contribution < 1.29 is 0 Å². The Morgan fingerprint density at radius 1 is 1.78 bits per heavy atom. The lowest BCUT2D eigenvalue weighted by Gasteiger charge is -1.98. The minimum absolute atomic E-state index is 0.485. The van der Waals surface area contributed by atoms with Gasteiger partial charge in [0.2, 0.25) is 0 Å². The van der Waals surface area contributed by atoms with Gasteiger partial charge in [0.1, 0.15) is 0 Å². The van der Waals surface area contributed by atoms with E-state index in [1.165, 1.54) is 0 Å². The fraction of sp³-hybridized carbons (Fsp3) is 0.571. The van der Waals surface area contributed by atoms with E-state index in [-0.39, 0.29) is 0 Å². The summed E-state index contributed by atoms with van der Waals surface area (Å²) in [7, 11) is 0. The van der Waals surface area contributed by atoms with Gasteiger partial charge in [0.15, 0.2) is 0 Å². The molecule has 0 rings (SSSR count). The lowest BCUT2D eigenvalue weighted by molar-refractivity contribution is 0.698. The van der Waals surface area contributed by atoms with Gasteiger partial charge in [-0.05, 0) is 5.92 Å². The van der Waals surface area contributed by atoms with E-state index >= 15 is 0 Å². The highest BCUT2D eigenvalue weighted by molar-refractivity contribution is 6.38. The molecule has 0 heterocycles. The fourth-order valence-electron chi connectivity index (χ4n) is 0.438.